The summed E-state index contributed by atoms with van der Waals surface area (Å²) in [5.41, 5.74) is -0.0376. The number of benzene rings is 2. The summed E-state index contributed by atoms with van der Waals surface area (Å²) >= 11 is 0. The molecular formula is C20H13FN2O3. The van der Waals surface area contributed by atoms with E-state index in [2.05, 4.69) is 4.98 Å². The SMILES string of the molecule is O=C(O)c1cn(Cc2cccc3ccncc23)c2cccc(F)c2c1=O. The standard InChI is InChI=1S/C20H13FN2O3/c21-16-5-2-6-17-18(16)19(24)15(20(25)26)11-23(17)10-13-4-1-3-12-7-8-22-9-14(12)13/h1-9,11H,10H2,(H,25,26). The van der Waals surface area contributed by atoms with Crippen LogP contribution in [0.15, 0.2) is 65.8 Å². The van der Waals surface area contributed by atoms with E-state index >= 15 is 0 Å². The number of aromatic nitrogens is 2. The lowest BCUT2D eigenvalue weighted by Gasteiger charge is -2.14. The second kappa shape index (κ2) is 6.07. The third kappa shape index (κ3) is 2.52. The molecule has 0 bridgehead atoms. The van der Waals surface area contributed by atoms with Crippen LogP contribution in [0.1, 0.15) is 15.9 Å². The van der Waals surface area contributed by atoms with Gasteiger partial charge in [0, 0.05) is 30.5 Å². The van der Waals surface area contributed by atoms with Crippen molar-refractivity contribution in [2.75, 3.05) is 0 Å². The molecule has 5 nitrogen and oxygen atoms in total. The monoisotopic (exact) mass is 348 g/mol. The van der Waals surface area contributed by atoms with Crippen LogP contribution in [0.5, 0.6) is 0 Å². The number of aromatic carboxylic acids is 1. The Labute approximate surface area is 147 Å². The zero-order valence-corrected chi connectivity index (χ0v) is 13.5. The first kappa shape index (κ1) is 16.0. The fourth-order valence-electron chi connectivity index (χ4n) is 3.18. The first-order valence-corrected chi connectivity index (χ1v) is 7.93. The fraction of sp³-hybridized carbons (Fsp3) is 0.0500. The van der Waals surface area contributed by atoms with Crippen molar-refractivity contribution < 1.29 is 14.3 Å². The molecule has 0 aliphatic carbocycles. The summed E-state index contributed by atoms with van der Waals surface area (Å²) in [7, 11) is 0. The molecule has 26 heavy (non-hydrogen) atoms. The Morgan fingerprint density at radius 2 is 1.96 bits per heavy atom. The van der Waals surface area contributed by atoms with Gasteiger partial charge < -0.3 is 9.67 Å². The number of fused-ring (bicyclic) bond motifs is 2. The Balaban J connectivity index is 1.99. The van der Waals surface area contributed by atoms with Crippen molar-refractivity contribution in [2.45, 2.75) is 6.54 Å². The molecule has 2 heterocycles. The Morgan fingerprint density at radius 1 is 1.15 bits per heavy atom. The lowest BCUT2D eigenvalue weighted by molar-refractivity contribution is 0.0695. The van der Waals surface area contributed by atoms with Gasteiger partial charge in [-0.15, -0.1) is 0 Å². The number of rotatable bonds is 3. The molecule has 2 aromatic heterocycles. The van der Waals surface area contributed by atoms with E-state index in [9.17, 15) is 19.1 Å². The van der Waals surface area contributed by atoms with Crippen molar-refractivity contribution in [1.29, 1.82) is 0 Å². The van der Waals surface area contributed by atoms with E-state index < -0.39 is 22.8 Å². The van der Waals surface area contributed by atoms with Gasteiger partial charge in [0.25, 0.3) is 0 Å². The highest BCUT2D eigenvalue weighted by atomic mass is 19.1. The smallest absolute Gasteiger partial charge is 0.341 e. The van der Waals surface area contributed by atoms with Crippen LogP contribution in [0.3, 0.4) is 0 Å². The third-order valence-corrected chi connectivity index (χ3v) is 4.40. The summed E-state index contributed by atoms with van der Waals surface area (Å²) in [4.78, 5) is 27.9. The fourth-order valence-corrected chi connectivity index (χ4v) is 3.18. The van der Waals surface area contributed by atoms with Crippen LogP contribution >= 0.6 is 0 Å². The lowest BCUT2D eigenvalue weighted by atomic mass is 10.1. The van der Waals surface area contributed by atoms with Crippen molar-refractivity contribution in [1.82, 2.24) is 9.55 Å². The summed E-state index contributed by atoms with van der Waals surface area (Å²) < 4.78 is 15.8. The molecule has 6 heteroatoms. The van der Waals surface area contributed by atoms with Gasteiger partial charge >= 0.3 is 5.97 Å². The highest BCUT2D eigenvalue weighted by molar-refractivity contribution is 5.93. The molecule has 0 amide bonds. The maximum atomic E-state index is 14.2. The molecule has 128 valence electrons. The van der Waals surface area contributed by atoms with Crippen LogP contribution in [0, 0.1) is 5.82 Å². The van der Waals surface area contributed by atoms with E-state index in [1.807, 2.05) is 24.3 Å². The molecular weight excluding hydrogens is 335 g/mol. The number of carbonyl (C=O) groups is 1. The Morgan fingerprint density at radius 3 is 2.77 bits per heavy atom. The van der Waals surface area contributed by atoms with E-state index in [4.69, 9.17) is 0 Å². The number of nitrogens with zero attached hydrogens (tertiary/aromatic N) is 2. The van der Waals surface area contributed by atoms with E-state index in [1.165, 1.54) is 12.3 Å². The number of carboxylic acids is 1. The molecule has 2 aromatic carbocycles. The Hall–Kier alpha value is -3.54. The molecule has 1 N–H and O–H groups in total. The summed E-state index contributed by atoms with van der Waals surface area (Å²) in [6, 6.07) is 11.9. The first-order valence-electron chi connectivity index (χ1n) is 7.93. The molecule has 0 aliphatic heterocycles. The van der Waals surface area contributed by atoms with Gasteiger partial charge in [0.05, 0.1) is 10.9 Å². The van der Waals surface area contributed by atoms with Gasteiger partial charge in [-0.3, -0.25) is 9.78 Å². The van der Waals surface area contributed by atoms with Gasteiger partial charge in [0.1, 0.15) is 11.4 Å². The summed E-state index contributed by atoms with van der Waals surface area (Å²) in [5.74, 6) is -2.11. The average molecular weight is 348 g/mol. The van der Waals surface area contributed by atoms with E-state index in [-0.39, 0.29) is 11.9 Å². The average Bonchev–Trinajstić information content (AvgIpc) is 2.64. The molecule has 4 aromatic rings. The van der Waals surface area contributed by atoms with E-state index in [1.54, 1.807) is 23.0 Å². The Bertz CT molecular complexity index is 1230. The van der Waals surface area contributed by atoms with E-state index in [0.29, 0.717) is 5.52 Å². The maximum absolute atomic E-state index is 14.2. The van der Waals surface area contributed by atoms with Gasteiger partial charge in [-0.25, -0.2) is 9.18 Å². The zero-order chi connectivity index (χ0) is 18.3. The number of pyridine rings is 2. The molecule has 0 unspecified atom stereocenters. The minimum absolute atomic E-state index is 0.217. The normalized spacial score (nSPS) is 11.1. The lowest BCUT2D eigenvalue weighted by Crippen LogP contribution is -2.20. The van der Waals surface area contributed by atoms with Crippen LogP contribution in [0.25, 0.3) is 21.7 Å². The number of carboxylic acid groups (broad SMARTS) is 1. The quantitative estimate of drug-likeness (QED) is 0.616. The van der Waals surface area contributed by atoms with Crippen LogP contribution < -0.4 is 5.43 Å². The Kier molecular flexibility index (Phi) is 3.73. The maximum Gasteiger partial charge on any atom is 0.341 e. The summed E-state index contributed by atoms with van der Waals surface area (Å²) in [6.07, 6.45) is 4.69. The molecule has 0 radical (unpaired) electrons. The molecule has 0 spiro atoms. The number of hydrogen-bond donors (Lipinski definition) is 1. The molecule has 0 saturated heterocycles. The predicted octanol–water partition coefficient (Wildman–Crippen LogP) is 3.44. The van der Waals surface area contributed by atoms with Crippen molar-refractivity contribution in [3.8, 4) is 0 Å². The second-order valence-corrected chi connectivity index (χ2v) is 5.95. The van der Waals surface area contributed by atoms with Crippen molar-refractivity contribution in [3.63, 3.8) is 0 Å². The van der Waals surface area contributed by atoms with Crippen molar-refractivity contribution in [3.05, 3.63) is 88.2 Å². The molecule has 4 rings (SSSR count). The van der Waals surface area contributed by atoms with E-state index in [0.717, 1.165) is 22.4 Å². The topological polar surface area (TPSA) is 72.2 Å². The number of hydrogen-bond acceptors (Lipinski definition) is 3. The second-order valence-electron chi connectivity index (χ2n) is 5.95. The minimum atomic E-state index is -1.38. The van der Waals surface area contributed by atoms with Crippen LogP contribution in [-0.2, 0) is 6.54 Å². The van der Waals surface area contributed by atoms with Crippen LogP contribution in [0.2, 0.25) is 0 Å². The summed E-state index contributed by atoms with van der Waals surface area (Å²) in [6.45, 7) is 0.281. The highest BCUT2D eigenvalue weighted by Gasteiger charge is 2.17. The largest absolute Gasteiger partial charge is 0.477 e. The summed E-state index contributed by atoms with van der Waals surface area (Å²) in [5, 5.41) is 11.0. The predicted molar refractivity (Wildman–Crippen MR) is 96.0 cm³/mol. The molecule has 0 saturated carbocycles. The van der Waals surface area contributed by atoms with Gasteiger partial charge in [-0.05, 0) is 29.1 Å². The molecule has 0 aliphatic rings. The zero-order valence-electron chi connectivity index (χ0n) is 13.5. The van der Waals surface area contributed by atoms with Gasteiger partial charge in [0.15, 0.2) is 0 Å². The highest BCUT2D eigenvalue weighted by Crippen LogP contribution is 2.21. The van der Waals surface area contributed by atoms with Gasteiger partial charge in [-0.1, -0.05) is 24.3 Å². The molecule has 0 fully saturated rings. The minimum Gasteiger partial charge on any atom is -0.477 e. The molecule has 0 atom stereocenters. The van der Waals surface area contributed by atoms with Crippen LogP contribution in [0.4, 0.5) is 4.39 Å². The van der Waals surface area contributed by atoms with Crippen molar-refractivity contribution in [2.24, 2.45) is 0 Å². The van der Waals surface area contributed by atoms with Gasteiger partial charge in [0.2, 0.25) is 5.43 Å². The number of halogens is 1. The van der Waals surface area contributed by atoms with Gasteiger partial charge in [-0.2, -0.15) is 0 Å². The first-order chi connectivity index (χ1) is 12.6. The van der Waals surface area contributed by atoms with Crippen molar-refractivity contribution >= 4 is 27.6 Å². The van der Waals surface area contributed by atoms with Crippen LogP contribution in [-0.4, -0.2) is 20.6 Å². The third-order valence-electron chi connectivity index (χ3n) is 4.40.